The van der Waals surface area contributed by atoms with Crippen molar-refractivity contribution in [3.63, 3.8) is 0 Å². The van der Waals surface area contributed by atoms with Crippen LogP contribution in [0.15, 0.2) is 73.1 Å². The quantitative estimate of drug-likeness (QED) is 0.347. The van der Waals surface area contributed by atoms with E-state index in [4.69, 9.17) is 0 Å². The molecule has 0 fully saturated rings. The van der Waals surface area contributed by atoms with Crippen LogP contribution in [0.2, 0.25) is 0 Å². The molecule has 0 radical (unpaired) electrons. The summed E-state index contributed by atoms with van der Waals surface area (Å²) in [6, 6.07) is 21.2. The van der Waals surface area contributed by atoms with Crippen molar-refractivity contribution in [2.45, 2.75) is 0 Å². The maximum atomic E-state index is 4.52. The summed E-state index contributed by atoms with van der Waals surface area (Å²) < 4.78 is 0. The highest BCUT2D eigenvalue weighted by Gasteiger charge is 2.13. The molecule has 4 aromatic heterocycles. The normalized spacial score (nSPS) is 12.3. The first-order chi connectivity index (χ1) is 13.9. The molecule has 7 aromatic rings. The summed E-state index contributed by atoms with van der Waals surface area (Å²) in [7, 11) is 0. The van der Waals surface area contributed by atoms with Crippen molar-refractivity contribution in [1.29, 1.82) is 0 Å². The van der Waals surface area contributed by atoms with Gasteiger partial charge in [0.05, 0.1) is 11.0 Å². The smallest absolute Gasteiger partial charge is 0.0709 e. The van der Waals surface area contributed by atoms with Gasteiger partial charge in [0.2, 0.25) is 0 Å². The number of hydrogen-bond donors (Lipinski definition) is 2. The van der Waals surface area contributed by atoms with E-state index >= 15 is 0 Å². The molecule has 0 aliphatic carbocycles. The fourth-order valence-corrected chi connectivity index (χ4v) is 4.60. The van der Waals surface area contributed by atoms with Gasteiger partial charge >= 0.3 is 0 Å². The lowest BCUT2D eigenvalue weighted by molar-refractivity contribution is 1.42. The number of aromatic nitrogens is 4. The zero-order chi connectivity index (χ0) is 18.2. The fourth-order valence-electron chi connectivity index (χ4n) is 4.60. The minimum Gasteiger partial charge on any atom is -0.354 e. The Labute approximate surface area is 158 Å². The molecule has 0 spiro atoms. The first kappa shape index (κ1) is 14.2. The van der Waals surface area contributed by atoms with Crippen molar-refractivity contribution in [3.8, 4) is 0 Å². The standard InChI is InChI=1S/C24H14N4/c1-3-13-17(25-9-1)5-7-19-23(13)15-11-22-16(12-21(15)27-19)24-14-4-2-10-26-18(14)6-8-20(24)28-22/h1-12,27-28H. The molecule has 4 heterocycles. The van der Waals surface area contributed by atoms with E-state index in [0.29, 0.717) is 0 Å². The topological polar surface area (TPSA) is 57.4 Å². The predicted octanol–water partition coefficient (Wildman–Crippen LogP) is 6.05. The fraction of sp³-hybridized carbons (Fsp3) is 0. The molecule has 0 aliphatic heterocycles. The Morgan fingerprint density at radius 2 is 1.00 bits per heavy atom. The number of nitrogens with zero attached hydrogens (tertiary/aromatic N) is 2. The average molecular weight is 358 g/mol. The van der Waals surface area contributed by atoms with E-state index in [0.717, 1.165) is 33.1 Å². The van der Waals surface area contributed by atoms with Crippen LogP contribution in [0.3, 0.4) is 0 Å². The van der Waals surface area contributed by atoms with Gasteiger partial charge in [0, 0.05) is 66.8 Å². The third-order valence-corrected chi connectivity index (χ3v) is 5.81. The largest absolute Gasteiger partial charge is 0.354 e. The molecule has 0 saturated carbocycles. The number of H-pyrrole nitrogens is 2. The highest BCUT2D eigenvalue weighted by molar-refractivity contribution is 6.26. The lowest BCUT2D eigenvalue weighted by Gasteiger charge is -2.00. The molecule has 0 unspecified atom stereocenters. The van der Waals surface area contributed by atoms with E-state index in [-0.39, 0.29) is 0 Å². The van der Waals surface area contributed by atoms with Gasteiger partial charge in [-0.1, -0.05) is 12.1 Å². The van der Waals surface area contributed by atoms with Crippen LogP contribution in [0.5, 0.6) is 0 Å². The minimum atomic E-state index is 1.02. The number of hydrogen-bond acceptors (Lipinski definition) is 2. The summed E-state index contributed by atoms with van der Waals surface area (Å²) in [4.78, 5) is 16.3. The number of fused-ring (bicyclic) bond motifs is 10. The SMILES string of the molecule is c1cnc2ccc3[nH]c4cc5c(cc4c3c2c1)[nH]c1ccc2ncccc2c15. The molecule has 0 saturated heterocycles. The summed E-state index contributed by atoms with van der Waals surface area (Å²) in [6.45, 7) is 0. The van der Waals surface area contributed by atoms with E-state index in [1.54, 1.807) is 0 Å². The van der Waals surface area contributed by atoms with Crippen LogP contribution in [0.4, 0.5) is 0 Å². The zero-order valence-electron chi connectivity index (χ0n) is 14.8. The first-order valence-corrected chi connectivity index (χ1v) is 9.35. The van der Waals surface area contributed by atoms with Crippen LogP contribution in [0.1, 0.15) is 0 Å². The van der Waals surface area contributed by atoms with Crippen molar-refractivity contribution < 1.29 is 0 Å². The van der Waals surface area contributed by atoms with Gasteiger partial charge in [0.1, 0.15) is 0 Å². The molecule has 0 amide bonds. The maximum Gasteiger partial charge on any atom is 0.0709 e. The number of aromatic amines is 2. The Balaban J connectivity index is 1.71. The van der Waals surface area contributed by atoms with E-state index in [9.17, 15) is 0 Å². The Morgan fingerprint density at radius 1 is 0.500 bits per heavy atom. The van der Waals surface area contributed by atoms with Crippen molar-refractivity contribution in [2.24, 2.45) is 0 Å². The van der Waals surface area contributed by atoms with Gasteiger partial charge in [0.15, 0.2) is 0 Å². The summed E-state index contributed by atoms with van der Waals surface area (Å²) in [5.41, 5.74) is 6.59. The van der Waals surface area contributed by atoms with E-state index in [2.05, 4.69) is 68.5 Å². The number of benzene rings is 3. The van der Waals surface area contributed by atoms with Crippen LogP contribution in [0.25, 0.3) is 65.4 Å². The third kappa shape index (κ3) is 1.70. The lowest BCUT2D eigenvalue weighted by Crippen LogP contribution is -1.78. The summed E-state index contributed by atoms with van der Waals surface area (Å²) in [5.74, 6) is 0. The summed E-state index contributed by atoms with van der Waals surface area (Å²) in [6.07, 6.45) is 3.69. The molecule has 28 heavy (non-hydrogen) atoms. The molecule has 7 rings (SSSR count). The second kappa shape index (κ2) is 4.87. The maximum absolute atomic E-state index is 4.52. The second-order valence-electron chi connectivity index (χ2n) is 7.31. The molecule has 2 N–H and O–H groups in total. The van der Waals surface area contributed by atoms with Gasteiger partial charge in [0.25, 0.3) is 0 Å². The van der Waals surface area contributed by atoms with Crippen molar-refractivity contribution in [2.75, 3.05) is 0 Å². The average Bonchev–Trinajstić information content (AvgIpc) is 3.29. The van der Waals surface area contributed by atoms with Gasteiger partial charge < -0.3 is 9.97 Å². The number of rotatable bonds is 0. The van der Waals surface area contributed by atoms with Crippen molar-refractivity contribution in [3.05, 3.63) is 73.1 Å². The Kier molecular flexibility index (Phi) is 2.46. The summed E-state index contributed by atoms with van der Waals surface area (Å²) >= 11 is 0. The van der Waals surface area contributed by atoms with Gasteiger partial charge in [-0.05, 0) is 48.5 Å². The zero-order valence-corrected chi connectivity index (χ0v) is 14.8. The van der Waals surface area contributed by atoms with Crippen molar-refractivity contribution >= 4 is 65.4 Å². The predicted molar refractivity (Wildman–Crippen MR) is 116 cm³/mol. The van der Waals surface area contributed by atoms with E-state index < -0.39 is 0 Å². The van der Waals surface area contributed by atoms with Crippen LogP contribution in [-0.2, 0) is 0 Å². The van der Waals surface area contributed by atoms with Crippen LogP contribution in [-0.4, -0.2) is 19.9 Å². The Bertz CT molecular complexity index is 1590. The third-order valence-electron chi connectivity index (χ3n) is 5.81. The highest BCUT2D eigenvalue weighted by Crippen LogP contribution is 2.37. The summed E-state index contributed by atoms with van der Waals surface area (Å²) in [5, 5.41) is 7.25. The molecular formula is C24H14N4. The molecule has 0 aliphatic rings. The molecule has 3 aromatic carbocycles. The Morgan fingerprint density at radius 3 is 1.50 bits per heavy atom. The molecule has 130 valence electrons. The van der Waals surface area contributed by atoms with Gasteiger partial charge in [-0.3, -0.25) is 9.97 Å². The van der Waals surface area contributed by atoms with Gasteiger partial charge in [-0.2, -0.15) is 0 Å². The lowest BCUT2D eigenvalue weighted by atomic mass is 10.0. The molecule has 0 bridgehead atoms. The van der Waals surface area contributed by atoms with Gasteiger partial charge in [-0.15, -0.1) is 0 Å². The molecular weight excluding hydrogens is 344 g/mol. The molecule has 4 nitrogen and oxygen atoms in total. The minimum absolute atomic E-state index is 1.02. The monoisotopic (exact) mass is 358 g/mol. The molecule has 4 heteroatoms. The number of pyridine rings is 2. The molecule has 0 atom stereocenters. The van der Waals surface area contributed by atoms with Crippen LogP contribution >= 0.6 is 0 Å². The first-order valence-electron chi connectivity index (χ1n) is 9.35. The second-order valence-corrected chi connectivity index (χ2v) is 7.31. The van der Waals surface area contributed by atoms with E-state index in [1.807, 2.05) is 24.5 Å². The van der Waals surface area contributed by atoms with Crippen LogP contribution < -0.4 is 0 Å². The van der Waals surface area contributed by atoms with Gasteiger partial charge in [-0.25, -0.2) is 0 Å². The van der Waals surface area contributed by atoms with Crippen LogP contribution in [0, 0.1) is 0 Å². The Hall–Kier alpha value is -3.92. The van der Waals surface area contributed by atoms with E-state index in [1.165, 1.54) is 32.3 Å². The van der Waals surface area contributed by atoms with Crippen molar-refractivity contribution in [1.82, 2.24) is 19.9 Å². The number of nitrogens with one attached hydrogen (secondary N) is 2. The highest BCUT2D eigenvalue weighted by atomic mass is 14.7.